The van der Waals surface area contributed by atoms with Gasteiger partial charge in [-0.15, -0.1) is 0 Å². The van der Waals surface area contributed by atoms with Gasteiger partial charge in [-0.25, -0.2) is 0 Å². The summed E-state index contributed by atoms with van der Waals surface area (Å²) in [6.07, 6.45) is 4.81. The van der Waals surface area contributed by atoms with Crippen LogP contribution in [0.25, 0.3) is 0 Å². The molecule has 2 saturated heterocycles. The lowest BCUT2D eigenvalue weighted by Crippen LogP contribution is -2.33. The Morgan fingerprint density at radius 2 is 2.40 bits per heavy atom. The molecule has 0 spiro atoms. The van der Waals surface area contributed by atoms with Gasteiger partial charge in [0.2, 0.25) is 0 Å². The molecule has 3 nitrogen and oxygen atoms in total. The van der Waals surface area contributed by atoms with Gasteiger partial charge in [0.05, 0.1) is 12.2 Å². The van der Waals surface area contributed by atoms with Crippen LogP contribution in [-0.2, 0) is 4.74 Å². The highest BCUT2D eigenvalue weighted by atomic mass is 16.5. The Balaban J connectivity index is 1.90. The molecule has 0 amide bonds. The highest BCUT2D eigenvalue weighted by Crippen LogP contribution is 2.38. The molecule has 2 aliphatic heterocycles. The van der Waals surface area contributed by atoms with E-state index in [0.717, 1.165) is 6.54 Å². The molecule has 2 heterocycles. The number of ether oxygens (including phenoxy) is 1. The van der Waals surface area contributed by atoms with E-state index in [-0.39, 0.29) is 0 Å². The summed E-state index contributed by atoms with van der Waals surface area (Å²) < 4.78 is 5.64. The van der Waals surface area contributed by atoms with E-state index in [1.807, 2.05) is 0 Å². The number of fused-ring (bicyclic) bond motifs is 2. The number of nitrogens with one attached hydrogen (secondary N) is 1. The topological polar surface area (TPSA) is 47.3 Å². The first-order valence-electron chi connectivity index (χ1n) is 3.99. The second-order valence-corrected chi connectivity index (χ2v) is 3.28. The van der Waals surface area contributed by atoms with E-state index < -0.39 is 0 Å². The van der Waals surface area contributed by atoms with Crippen LogP contribution in [0.1, 0.15) is 19.3 Å². The first kappa shape index (κ1) is 6.58. The maximum absolute atomic E-state index is 5.64. The first-order valence-corrected chi connectivity index (χ1v) is 3.99. The Labute approximate surface area is 60.9 Å². The summed E-state index contributed by atoms with van der Waals surface area (Å²) in [5.74, 6) is 5.92. The molecule has 2 rings (SSSR count). The molecule has 2 aliphatic rings. The number of rotatable bonds is 2. The van der Waals surface area contributed by atoms with Crippen molar-refractivity contribution in [2.45, 2.75) is 31.5 Å². The van der Waals surface area contributed by atoms with Crippen LogP contribution in [-0.4, -0.2) is 18.8 Å². The summed E-state index contributed by atoms with van der Waals surface area (Å²) in [6, 6.07) is 0. The monoisotopic (exact) mass is 142 g/mol. The number of hydrogen-bond acceptors (Lipinski definition) is 3. The lowest BCUT2D eigenvalue weighted by molar-refractivity contribution is 0.0924. The average molecular weight is 142 g/mol. The van der Waals surface area contributed by atoms with Crippen LogP contribution in [0, 0.1) is 5.92 Å². The van der Waals surface area contributed by atoms with Gasteiger partial charge in [0.1, 0.15) is 0 Å². The Morgan fingerprint density at radius 1 is 1.50 bits per heavy atom. The maximum Gasteiger partial charge on any atom is 0.0621 e. The van der Waals surface area contributed by atoms with Crippen molar-refractivity contribution in [2.75, 3.05) is 6.54 Å². The molecular weight excluding hydrogens is 128 g/mol. The minimum atomic E-state index is 0.515. The van der Waals surface area contributed by atoms with E-state index in [0.29, 0.717) is 18.1 Å². The van der Waals surface area contributed by atoms with Gasteiger partial charge in [-0.3, -0.25) is 11.3 Å². The lowest BCUT2D eigenvalue weighted by atomic mass is 9.89. The fourth-order valence-electron chi connectivity index (χ4n) is 2.11. The molecule has 3 heteroatoms. The van der Waals surface area contributed by atoms with Crippen molar-refractivity contribution in [1.29, 1.82) is 0 Å². The molecule has 0 aromatic rings. The van der Waals surface area contributed by atoms with Crippen LogP contribution in [0.2, 0.25) is 0 Å². The molecular formula is C7H14N2O. The van der Waals surface area contributed by atoms with Gasteiger partial charge in [0.25, 0.3) is 0 Å². The van der Waals surface area contributed by atoms with Gasteiger partial charge in [-0.05, 0) is 19.3 Å². The van der Waals surface area contributed by atoms with Gasteiger partial charge in [-0.1, -0.05) is 0 Å². The summed E-state index contributed by atoms with van der Waals surface area (Å²) in [5.41, 5.74) is 2.71. The Hall–Kier alpha value is -0.120. The zero-order valence-electron chi connectivity index (χ0n) is 6.05. The average Bonchev–Trinajstić information content (AvgIpc) is 2.48. The van der Waals surface area contributed by atoms with E-state index in [1.165, 1.54) is 19.3 Å². The summed E-state index contributed by atoms with van der Waals surface area (Å²) >= 11 is 0. The van der Waals surface area contributed by atoms with Crippen LogP contribution in [0.5, 0.6) is 0 Å². The van der Waals surface area contributed by atoms with Crippen molar-refractivity contribution in [3.8, 4) is 0 Å². The standard InChI is InChI=1S/C7H14N2O/c8-9-4-5-3-6-1-2-7(5)10-6/h5-7,9H,1-4,8H2. The molecule has 2 fully saturated rings. The van der Waals surface area contributed by atoms with Crippen molar-refractivity contribution in [1.82, 2.24) is 5.43 Å². The third-order valence-corrected chi connectivity index (χ3v) is 2.61. The number of nitrogens with two attached hydrogens (primary N) is 1. The van der Waals surface area contributed by atoms with E-state index in [9.17, 15) is 0 Å². The number of hydrazine groups is 1. The fourth-order valence-corrected chi connectivity index (χ4v) is 2.11. The van der Waals surface area contributed by atoms with E-state index >= 15 is 0 Å². The molecule has 0 aromatic carbocycles. The molecule has 3 N–H and O–H groups in total. The molecule has 3 atom stereocenters. The van der Waals surface area contributed by atoms with Crippen LogP contribution in [0.3, 0.4) is 0 Å². The maximum atomic E-state index is 5.64. The van der Waals surface area contributed by atoms with Gasteiger partial charge in [0, 0.05) is 12.5 Å². The molecule has 10 heavy (non-hydrogen) atoms. The zero-order valence-corrected chi connectivity index (χ0v) is 6.05. The quantitative estimate of drug-likeness (QED) is 0.422. The normalized spacial score (nSPS) is 44.7. The smallest absolute Gasteiger partial charge is 0.0621 e. The third kappa shape index (κ3) is 0.944. The summed E-state index contributed by atoms with van der Waals surface area (Å²) in [5, 5.41) is 0. The van der Waals surface area contributed by atoms with Crippen molar-refractivity contribution >= 4 is 0 Å². The van der Waals surface area contributed by atoms with Crippen LogP contribution in [0.15, 0.2) is 0 Å². The Morgan fingerprint density at radius 3 is 2.90 bits per heavy atom. The minimum Gasteiger partial charge on any atom is -0.375 e. The predicted octanol–water partition coefficient (Wildman–Crippen LogP) is 0.0172. The van der Waals surface area contributed by atoms with Crippen LogP contribution < -0.4 is 11.3 Å². The van der Waals surface area contributed by atoms with E-state index in [4.69, 9.17) is 10.6 Å². The molecule has 0 radical (unpaired) electrons. The number of hydrogen-bond donors (Lipinski definition) is 2. The van der Waals surface area contributed by atoms with Gasteiger partial charge >= 0.3 is 0 Å². The second kappa shape index (κ2) is 2.49. The molecule has 3 unspecified atom stereocenters. The van der Waals surface area contributed by atoms with Crippen molar-refractivity contribution < 1.29 is 4.74 Å². The molecule has 2 bridgehead atoms. The highest BCUT2D eigenvalue weighted by Gasteiger charge is 2.39. The van der Waals surface area contributed by atoms with Gasteiger partial charge in [-0.2, -0.15) is 0 Å². The second-order valence-electron chi connectivity index (χ2n) is 3.28. The van der Waals surface area contributed by atoms with Crippen LogP contribution in [0.4, 0.5) is 0 Å². The minimum absolute atomic E-state index is 0.515. The van der Waals surface area contributed by atoms with E-state index in [1.54, 1.807) is 0 Å². The van der Waals surface area contributed by atoms with Crippen molar-refractivity contribution in [3.63, 3.8) is 0 Å². The SMILES string of the molecule is NNCC1CC2CCC1O2. The molecule has 58 valence electrons. The summed E-state index contributed by atoms with van der Waals surface area (Å²) in [4.78, 5) is 0. The summed E-state index contributed by atoms with van der Waals surface area (Å²) in [6.45, 7) is 0.918. The molecule has 0 aromatic heterocycles. The highest BCUT2D eigenvalue weighted by molar-refractivity contribution is 4.89. The zero-order chi connectivity index (χ0) is 6.97. The van der Waals surface area contributed by atoms with Gasteiger partial charge in [0.15, 0.2) is 0 Å². The van der Waals surface area contributed by atoms with Crippen LogP contribution >= 0.6 is 0 Å². The largest absolute Gasteiger partial charge is 0.375 e. The lowest BCUT2D eigenvalue weighted by Gasteiger charge is -2.16. The summed E-state index contributed by atoms with van der Waals surface area (Å²) in [7, 11) is 0. The van der Waals surface area contributed by atoms with Crippen molar-refractivity contribution in [2.24, 2.45) is 11.8 Å². The fraction of sp³-hybridized carbons (Fsp3) is 1.00. The van der Waals surface area contributed by atoms with Crippen molar-refractivity contribution in [3.05, 3.63) is 0 Å². The molecule has 0 saturated carbocycles. The third-order valence-electron chi connectivity index (χ3n) is 2.61. The van der Waals surface area contributed by atoms with Gasteiger partial charge < -0.3 is 4.74 Å². The first-order chi connectivity index (χ1) is 4.90. The Bertz CT molecular complexity index is 129. The van der Waals surface area contributed by atoms with E-state index in [2.05, 4.69) is 5.43 Å². The predicted molar refractivity (Wildman–Crippen MR) is 38.2 cm³/mol. The molecule has 0 aliphatic carbocycles. The Kier molecular flexibility index (Phi) is 1.64.